The Morgan fingerprint density at radius 2 is 2.33 bits per heavy atom. The highest BCUT2D eigenvalue weighted by Gasteiger charge is 2.14. The zero-order chi connectivity index (χ0) is 9.14. The van der Waals surface area contributed by atoms with Crippen molar-refractivity contribution in [2.75, 3.05) is 0 Å². The Morgan fingerprint density at radius 3 is 2.83 bits per heavy atom. The molecule has 0 bridgehead atoms. The van der Waals surface area contributed by atoms with Gasteiger partial charge in [0, 0.05) is 0 Å². The summed E-state index contributed by atoms with van der Waals surface area (Å²) in [6.07, 6.45) is 3.56. The van der Waals surface area contributed by atoms with E-state index in [0.29, 0.717) is 16.1 Å². The molecule has 0 fully saturated rings. The second-order valence-electron chi connectivity index (χ2n) is 2.31. The van der Waals surface area contributed by atoms with Crippen molar-refractivity contribution < 1.29 is 9.90 Å². The van der Waals surface area contributed by atoms with Crippen LogP contribution in [0.1, 0.15) is 27.9 Å². The van der Waals surface area contributed by atoms with Gasteiger partial charge in [0.05, 0.1) is 10.6 Å². The van der Waals surface area contributed by atoms with Crippen molar-refractivity contribution >= 4 is 23.6 Å². The smallest absolute Gasteiger partial charge is 0.339 e. The number of carboxylic acid groups (broad SMARTS) is 1. The van der Waals surface area contributed by atoms with E-state index in [9.17, 15) is 4.79 Å². The van der Waals surface area contributed by atoms with Crippen molar-refractivity contribution in [2.45, 2.75) is 13.8 Å². The number of hydrogen-bond donors (Lipinski definition) is 1. The van der Waals surface area contributed by atoms with Gasteiger partial charge in [0.15, 0.2) is 0 Å². The molecule has 0 unspecified atom stereocenters. The summed E-state index contributed by atoms with van der Waals surface area (Å²) in [5.41, 5.74) is 0.902. The average molecular weight is 183 g/mol. The van der Waals surface area contributed by atoms with Gasteiger partial charge in [0.1, 0.15) is 5.56 Å². The summed E-state index contributed by atoms with van der Waals surface area (Å²) in [7, 11) is 0. The van der Waals surface area contributed by atoms with Gasteiger partial charge in [0.2, 0.25) is 0 Å². The molecular weight excluding hydrogens is 174 g/mol. The first-order valence-corrected chi connectivity index (χ1v) is 4.26. The third-order valence-corrected chi connectivity index (χ3v) is 2.32. The molecule has 0 saturated carbocycles. The molecule has 0 saturated heterocycles. The van der Waals surface area contributed by atoms with Crippen LogP contribution in [0, 0.1) is 6.92 Å². The Morgan fingerprint density at radius 1 is 1.67 bits per heavy atom. The van der Waals surface area contributed by atoms with E-state index in [1.54, 1.807) is 19.1 Å². The quantitative estimate of drug-likeness (QED) is 0.764. The minimum absolute atomic E-state index is 0.318. The van der Waals surface area contributed by atoms with Crippen molar-refractivity contribution in [1.29, 1.82) is 0 Å². The topological polar surface area (TPSA) is 50.2 Å². The highest BCUT2D eigenvalue weighted by atomic mass is 32.1. The zero-order valence-corrected chi connectivity index (χ0v) is 7.68. The fourth-order valence-electron chi connectivity index (χ4n) is 0.913. The van der Waals surface area contributed by atoms with E-state index >= 15 is 0 Å². The predicted octanol–water partition coefficient (Wildman–Crippen LogP) is 2.18. The molecule has 0 aromatic carbocycles. The van der Waals surface area contributed by atoms with E-state index in [1.807, 2.05) is 6.92 Å². The Kier molecular flexibility index (Phi) is 2.60. The minimum atomic E-state index is -0.908. The van der Waals surface area contributed by atoms with Gasteiger partial charge >= 0.3 is 5.97 Å². The van der Waals surface area contributed by atoms with Crippen LogP contribution in [0.5, 0.6) is 0 Å². The first kappa shape index (κ1) is 8.93. The molecule has 0 amide bonds. The molecule has 3 nitrogen and oxygen atoms in total. The van der Waals surface area contributed by atoms with Crippen LogP contribution >= 0.6 is 11.5 Å². The van der Waals surface area contributed by atoms with Crippen molar-refractivity contribution in [1.82, 2.24) is 4.37 Å². The van der Waals surface area contributed by atoms with Crippen molar-refractivity contribution in [2.24, 2.45) is 0 Å². The molecule has 1 heterocycles. The van der Waals surface area contributed by atoms with E-state index in [4.69, 9.17) is 5.11 Å². The van der Waals surface area contributed by atoms with Crippen molar-refractivity contribution in [3.05, 3.63) is 22.2 Å². The lowest BCUT2D eigenvalue weighted by Crippen LogP contribution is -1.98. The number of nitrogens with zero attached hydrogens (tertiary/aromatic N) is 1. The third-order valence-electron chi connectivity index (χ3n) is 1.42. The van der Waals surface area contributed by atoms with Gasteiger partial charge in [-0.2, -0.15) is 4.37 Å². The van der Waals surface area contributed by atoms with E-state index < -0.39 is 5.97 Å². The van der Waals surface area contributed by atoms with Crippen molar-refractivity contribution in [3.8, 4) is 0 Å². The number of hydrogen-bond acceptors (Lipinski definition) is 3. The summed E-state index contributed by atoms with van der Waals surface area (Å²) in [4.78, 5) is 11.4. The van der Waals surface area contributed by atoms with Crippen LogP contribution in [-0.4, -0.2) is 15.4 Å². The molecular formula is C8H9NO2S. The van der Waals surface area contributed by atoms with Crippen molar-refractivity contribution in [3.63, 3.8) is 0 Å². The highest BCUT2D eigenvalue weighted by Crippen LogP contribution is 2.19. The Labute approximate surface area is 74.5 Å². The summed E-state index contributed by atoms with van der Waals surface area (Å²) in [5, 5.41) is 8.79. The molecule has 1 aromatic heterocycles. The largest absolute Gasteiger partial charge is 0.478 e. The summed E-state index contributed by atoms with van der Waals surface area (Å²) in [5.74, 6) is -0.908. The molecule has 0 atom stereocenters. The van der Waals surface area contributed by atoms with Gasteiger partial charge in [0.25, 0.3) is 0 Å². The minimum Gasteiger partial charge on any atom is -0.478 e. The summed E-state index contributed by atoms with van der Waals surface area (Å²) < 4.78 is 3.97. The van der Waals surface area contributed by atoms with Gasteiger partial charge in [-0.15, -0.1) is 0 Å². The van der Waals surface area contributed by atoms with Crippen LogP contribution in [-0.2, 0) is 0 Å². The van der Waals surface area contributed by atoms with Crippen LogP contribution in [0.15, 0.2) is 6.08 Å². The molecule has 1 N–H and O–H groups in total. The lowest BCUT2D eigenvalue weighted by molar-refractivity contribution is 0.0696. The van der Waals surface area contributed by atoms with Gasteiger partial charge < -0.3 is 5.11 Å². The number of aromatic nitrogens is 1. The molecule has 0 spiro atoms. The third kappa shape index (κ3) is 1.53. The molecule has 0 radical (unpaired) electrons. The first-order chi connectivity index (χ1) is 5.66. The Balaban J connectivity index is 3.21. The van der Waals surface area contributed by atoms with Gasteiger partial charge in [-0.3, -0.25) is 0 Å². The number of rotatable bonds is 2. The number of carboxylic acids is 1. The normalized spacial score (nSPS) is 10.8. The molecule has 0 aliphatic heterocycles. The standard InChI is InChI=1S/C8H9NO2S/c1-3-4-6-7(8(10)11)5(2)9-12-6/h3-4H,1-2H3,(H,10,11)/b4-3+. The molecule has 64 valence electrons. The molecule has 0 aliphatic carbocycles. The van der Waals surface area contributed by atoms with E-state index in [-0.39, 0.29) is 0 Å². The number of allylic oxidation sites excluding steroid dienone is 1. The van der Waals surface area contributed by atoms with E-state index in [0.717, 1.165) is 0 Å². The summed E-state index contributed by atoms with van der Waals surface area (Å²) in [6, 6.07) is 0. The average Bonchev–Trinajstić information content (AvgIpc) is 2.32. The first-order valence-electron chi connectivity index (χ1n) is 3.49. The number of aryl methyl sites for hydroxylation is 1. The maximum Gasteiger partial charge on any atom is 0.339 e. The summed E-state index contributed by atoms with van der Waals surface area (Å²) >= 11 is 1.21. The van der Waals surface area contributed by atoms with Crippen LogP contribution in [0.25, 0.3) is 6.08 Å². The SMILES string of the molecule is C/C=C/c1snc(C)c1C(=O)O. The molecule has 4 heteroatoms. The zero-order valence-electron chi connectivity index (χ0n) is 6.87. The fourth-order valence-corrected chi connectivity index (χ4v) is 1.76. The monoisotopic (exact) mass is 183 g/mol. The highest BCUT2D eigenvalue weighted by molar-refractivity contribution is 7.07. The summed E-state index contributed by atoms with van der Waals surface area (Å²) in [6.45, 7) is 3.55. The lowest BCUT2D eigenvalue weighted by Gasteiger charge is -1.91. The lowest BCUT2D eigenvalue weighted by atomic mass is 10.2. The Bertz CT molecular complexity index is 328. The van der Waals surface area contributed by atoms with Gasteiger partial charge in [-0.05, 0) is 31.5 Å². The molecule has 1 rings (SSSR count). The van der Waals surface area contributed by atoms with Crippen LogP contribution < -0.4 is 0 Å². The fraction of sp³-hybridized carbons (Fsp3) is 0.250. The van der Waals surface area contributed by atoms with Crippen LogP contribution in [0.4, 0.5) is 0 Å². The van der Waals surface area contributed by atoms with E-state index in [1.165, 1.54) is 11.5 Å². The maximum absolute atomic E-state index is 10.7. The van der Waals surface area contributed by atoms with E-state index in [2.05, 4.69) is 4.37 Å². The van der Waals surface area contributed by atoms with Crippen LogP contribution in [0.3, 0.4) is 0 Å². The predicted molar refractivity (Wildman–Crippen MR) is 48.5 cm³/mol. The molecule has 0 aliphatic rings. The maximum atomic E-state index is 10.7. The second-order valence-corrected chi connectivity index (χ2v) is 3.12. The Hall–Kier alpha value is -1.16. The molecule has 12 heavy (non-hydrogen) atoms. The molecule has 1 aromatic rings. The van der Waals surface area contributed by atoms with Crippen LogP contribution in [0.2, 0.25) is 0 Å². The number of aromatic carboxylic acids is 1. The van der Waals surface area contributed by atoms with Gasteiger partial charge in [-0.25, -0.2) is 4.79 Å². The second kappa shape index (κ2) is 3.49. The number of carbonyl (C=O) groups is 1. The van der Waals surface area contributed by atoms with Gasteiger partial charge in [-0.1, -0.05) is 6.08 Å².